The molecule has 3 nitrogen and oxygen atoms in total. The van der Waals surface area contributed by atoms with Gasteiger partial charge in [-0.05, 0) is 40.5 Å². The molecule has 1 aliphatic rings. The van der Waals surface area contributed by atoms with Crippen LogP contribution in [-0.2, 0) is 4.74 Å². The van der Waals surface area contributed by atoms with Gasteiger partial charge in [-0.2, -0.15) is 0 Å². The lowest BCUT2D eigenvalue weighted by molar-refractivity contribution is 0.181. The number of hydrogen-bond acceptors (Lipinski definition) is 2. The summed E-state index contributed by atoms with van der Waals surface area (Å²) in [6.45, 7) is 2.65. The van der Waals surface area contributed by atoms with Crippen LogP contribution >= 0.6 is 15.9 Å². The third-order valence-electron chi connectivity index (χ3n) is 2.29. The van der Waals surface area contributed by atoms with E-state index in [1.165, 1.54) is 11.0 Å². The summed E-state index contributed by atoms with van der Waals surface area (Å²) >= 11 is 3.09. The fourth-order valence-corrected chi connectivity index (χ4v) is 1.87. The fourth-order valence-electron chi connectivity index (χ4n) is 1.54. The lowest BCUT2D eigenvalue weighted by atomic mass is 10.2. The molecule has 0 N–H and O–H groups in total. The molecule has 0 aliphatic carbocycles. The number of anilines is 1. The third-order valence-corrected chi connectivity index (χ3v) is 2.90. The van der Waals surface area contributed by atoms with Gasteiger partial charge in [0.1, 0.15) is 12.4 Å². The molecule has 0 unspecified atom stereocenters. The number of aryl methyl sites for hydroxylation is 1. The highest BCUT2D eigenvalue weighted by Gasteiger charge is 2.25. The number of carbonyl (C=O) groups excluding carboxylic acids is 1. The molecule has 0 saturated carbocycles. The Bertz CT molecular complexity index is 422. The molecule has 1 fully saturated rings. The van der Waals surface area contributed by atoms with Gasteiger partial charge in [-0.25, -0.2) is 9.18 Å². The Morgan fingerprint density at radius 2 is 2.27 bits per heavy atom. The maximum Gasteiger partial charge on any atom is 0.414 e. The number of benzene rings is 1. The average molecular weight is 274 g/mol. The zero-order chi connectivity index (χ0) is 11.0. The van der Waals surface area contributed by atoms with Gasteiger partial charge in [0.2, 0.25) is 0 Å². The standard InChI is InChI=1S/C10H9BrFNO2/c1-6-4-8(12)7(11)5-9(6)13-2-3-15-10(13)14/h4-5H,2-3H2,1H3. The van der Waals surface area contributed by atoms with E-state index < -0.39 is 0 Å². The van der Waals surface area contributed by atoms with Crippen LogP contribution in [0.5, 0.6) is 0 Å². The minimum absolute atomic E-state index is 0.330. The first-order valence-corrected chi connectivity index (χ1v) is 5.29. The Labute approximate surface area is 95.0 Å². The predicted molar refractivity (Wildman–Crippen MR) is 57.5 cm³/mol. The van der Waals surface area contributed by atoms with Crippen molar-refractivity contribution in [3.05, 3.63) is 28.0 Å². The second kappa shape index (κ2) is 3.81. The second-order valence-corrected chi connectivity index (χ2v) is 4.17. The van der Waals surface area contributed by atoms with E-state index in [4.69, 9.17) is 4.74 Å². The molecular weight excluding hydrogens is 265 g/mol. The van der Waals surface area contributed by atoms with Crippen LogP contribution in [0.3, 0.4) is 0 Å². The van der Waals surface area contributed by atoms with E-state index in [-0.39, 0.29) is 11.9 Å². The van der Waals surface area contributed by atoms with Gasteiger partial charge in [0.15, 0.2) is 0 Å². The second-order valence-electron chi connectivity index (χ2n) is 3.32. The highest BCUT2D eigenvalue weighted by Crippen LogP contribution is 2.28. The highest BCUT2D eigenvalue weighted by atomic mass is 79.9. The summed E-state index contributed by atoms with van der Waals surface area (Å²) in [5.74, 6) is -0.330. The van der Waals surface area contributed by atoms with Crippen molar-refractivity contribution in [2.45, 2.75) is 6.92 Å². The van der Waals surface area contributed by atoms with Crippen molar-refractivity contribution in [1.29, 1.82) is 0 Å². The molecule has 1 aliphatic heterocycles. The van der Waals surface area contributed by atoms with Crippen molar-refractivity contribution in [3.63, 3.8) is 0 Å². The van der Waals surface area contributed by atoms with Crippen molar-refractivity contribution in [2.24, 2.45) is 0 Å². The first-order valence-electron chi connectivity index (χ1n) is 4.49. The minimum atomic E-state index is -0.378. The number of rotatable bonds is 1. The van der Waals surface area contributed by atoms with Crippen molar-refractivity contribution < 1.29 is 13.9 Å². The van der Waals surface area contributed by atoms with Crippen molar-refractivity contribution >= 4 is 27.7 Å². The van der Waals surface area contributed by atoms with Crippen LogP contribution in [0.25, 0.3) is 0 Å². The average Bonchev–Trinajstić information content (AvgIpc) is 2.58. The molecule has 0 aromatic heterocycles. The van der Waals surface area contributed by atoms with E-state index in [0.717, 1.165) is 5.56 Å². The molecule has 0 radical (unpaired) electrons. The number of nitrogens with zero attached hydrogens (tertiary/aromatic N) is 1. The normalized spacial score (nSPS) is 15.7. The van der Waals surface area contributed by atoms with Crippen LogP contribution in [0.2, 0.25) is 0 Å². The monoisotopic (exact) mass is 273 g/mol. The smallest absolute Gasteiger partial charge is 0.414 e. The topological polar surface area (TPSA) is 29.5 Å². The largest absolute Gasteiger partial charge is 0.447 e. The molecule has 5 heteroatoms. The van der Waals surface area contributed by atoms with Crippen molar-refractivity contribution in [1.82, 2.24) is 0 Å². The van der Waals surface area contributed by atoms with Crippen LogP contribution in [0.4, 0.5) is 14.9 Å². The molecule has 0 atom stereocenters. The molecule has 1 saturated heterocycles. The molecule has 1 aromatic carbocycles. The number of carbonyl (C=O) groups is 1. The number of hydrogen-bond donors (Lipinski definition) is 0. The van der Waals surface area contributed by atoms with Crippen LogP contribution in [-0.4, -0.2) is 19.2 Å². The van der Waals surface area contributed by atoms with Gasteiger partial charge >= 0.3 is 6.09 Å². The maximum atomic E-state index is 13.2. The van der Waals surface area contributed by atoms with E-state index in [1.807, 2.05) is 0 Å². The maximum absolute atomic E-state index is 13.2. The fraction of sp³-hybridized carbons (Fsp3) is 0.300. The van der Waals surface area contributed by atoms with Crippen LogP contribution < -0.4 is 4.90 Å². The summed E-state index contributed by atoms with van der Waals surface area (Å²) in [6, 6.07) is 2.99. The first-order chi connectivity index (χ1) is 7.09. The van der Waals surface area contributed by atoms with E-state index in [1.54, 1.807) is 13.0 Å². The SMILES string of the molecule is Cc1cc(F)c(Br)cc1N1CCOC1=O. The predicted octanol–water partition coefficient (Wildman–Crippen LogP) is 2.85. The summed E-state index contributed by atoms with van der Waals surface area (Å²) in [5.41, 5.74) is 1.40. The van der Waals surface area contributed by atoms with E-state index in [9.17, 15) is 9.18 Å². The molecule has 1 amide bonds. The number of amides is 1. The van der Waals surface area contributed by atoms with E-state index in [0.29, 0.717) is 23.3 Å². The Balaban J connectivity index is 2.43. The molecule has 0 bridgehead atoms. The molecule has 1 heterocycles. The van der Waals surface area contributed by atoms with Gasteiger partial charge in [-0.15, -0.1) is 0 Å². The summed E-state index contributed by atoms with van der Waals surface area (Å²) in [6.07, 6.45) is -0.378. The van der Waals surface area contributed by atoms with E-state index >= 15 is 0 Å². The van der Waals surface area contributed by atoms with Gasteiger partial charge in [-0.1, -0.05) is 0 Å². The summed E-state index contributed by atoms with van der Waals surface area (Å²) in [7, 11) is 0. The Hall–Kier alpha value is -1.10. The van der Waals surface area contributed by atoms with Gasteiger partial charge in [-0.3, -0.25) is 4.90 Å². The van der Waals surface area contributed by atoms with E-state index in [2.05, 4.69) is 15.9 Å². The molecule has 0 spiro atoms. The Morgan fingerprint density at radius 3 is 2.87 bits per heavy atom. The third kappa shape index (κ3) is 1.84. The summed E-state index contributed by atoms with van der Waals surface area (Å²) in [4.78, 5) is 12.8. The quantitative estimate of drug-likeness (QED) is 0.788. The van der Waals surface area contributed by atoms with Crippen molar-refractivity contribution in [2.75, 3.05) is 18.1 Å². The number of halogens is 2. The Kier molecular flexibility index (Phi) is 2.65. The van der Waals surface area contributed by atoms with Gasteiger partial charge < -0.3 is 4.74 Å². The first kappa shape index (κ1) is 10.4. The lowest BCUT2D eigenvalue weighted by Gasteiger charge is -2.16. The number of cyclic esters (lactones) is 1. The zero-order valence-electron chi connectivity index (χ0n) is 8.09. The minimum Gasteiger partial charge on any atom is -0.447 e. The Morgan fingerprint density at radius 1 is 1.53 bits per heavy atom. The van der Waals surface area contributed by atoms with Gasteiger partial charge in [0.05, 0.1) is 16.7 Å². The number of ether oxygens (including phenoxy) is 1. The molecule has 15 heavy (non-hydrogen) atoms. The molecule has 80 valence electrons. The van der Waals surface area contributed by atoms with Crippen molar-refractivity contribution in [3.8, 4) is 0 Å². The zero-order valence-corrected chi connectivity index (χ0v) is 9.67. The van der Waals surface area contributed by atoms with Gasteiger partial charge in [0, 0.05) is 0 Å². The van der Waals surface area contributed by atoms with Crippen LogP contribution in [0.15, 0.2) is 16.6 Å². The lowest BCUT2D eigenvalue weighted by Crippen LogP contribution is -2.24. The van der Waals surface area contributed by atoms with Crippen LogP contribution in [0, 0.1) is 12.7 Å². The van der Waals surface area contributed by atoms with Crippen LogP contribution in [0.1, 0.15) is 5.56 Å². The molecule has 2 rings (SSSR count). The molecule has 1 aromatic rings. The highest BCUT2D eigenvalue weighted by molar-refractivity contribution is 9.10. The van der Waals surface area contributed by atoms with Gasteiger partial charge in [0.25, 0.3) is 0 Å². The summed E-state index contributed by atoms with van der Waals surface area (Å²) in [5, 5.41) is 0. The molecular formula is C10H9BrFNO2. The summed E-state index contributed by atoms with van der Waals surface area (Å²) < 4.78 is 18.3.